The molecule has 28 heavy (non-hydrogen) atoms. The van der Waals surface area contributed by atoms with Crippen LogP contribution in [0.1, 0.15) is 21.5 Å². The number of aromatic amines is 1. The number of benzene rings is 2. The number of aromatic nitrogens is 2. The van der Waals surface area contributed by atoms with Crippen molar-refractivity contribution in [2.75, 3.05) is 0 Å². The van der Waals surface area contributed by atoms with E-state index in [4.69, 9.17) is 5.11 Å². The van der Waals surface area contributed by atoms with Crippen LogP contribution in [0.15, 0.2) is 57.0 Å². The van der Waals surface area contributed by atoms with Crippen LogP contribution in [0.4, 0.5) is 5.69 Å². The van der Waals surface area contributed by atoms with Crippen LogP contribution in [0.3, 0.4) is 0 Å². The molecule has 0 fully saturated rings. The van der Waals surface area contributed by atoms with Crippen molar-refractivity contribution in [1.29, 1.82) is 0 Å². The van der Waals surface area contributed by atoms with Crippen LogP contribution in [-0.4, -0.2) is 31.9 Å². The van der Waals surface area contributed by atoms with Gasteiger partial charge in [0.2, 0.25) is 5.88 Å². The number of nitrogens with zero attached hydrogens (tertiary/aromatic N) is 2. The van der Waals surface area contributed by atoms with E-state index in [1.807, 2.05) is 0 Å². The Hall–Kier alpha value is -4.14. The second kappa shape index (κ2) is 7.23. The van der Waals surface area contributed by atoms with Gasteiger partial charge >= 0.3 is 11.7 Å². The normalized spacial score (nSPS) is 11.0. The fourth-order valence-corrected chi connectivity index (χ4v) is 2.58. The highest BCUT2D eigenvalue weighted by Gasteiger charge is 2.15. The zero-order valence-electron chi connectivity index (χ0n) is 14.5. The Morgan fingerprint density at radius 1 is 1.21 bits per heavy atom. The van der Waals surface area contributed by atoms with E-state index in [1.165, 1.54) is 0 Å². The van der Waals surface area contributed by atoms with Crippen LogP contribution >= 0.6 is 0 Å². The third kappa shape index (κ3) is 3.40. The number of aromatic hydroxyl groups is 1. The zero-order chi connectivity index (χ0) is 20.4. The van der Waals surface area contributed by atoms with Crippen LogP contribution in [0, 0.1) is 6.92 Å². The molecule has 0 saturated carbocycles. The summed E-state index contributed by atoms with van der Waals surface area (Å²) in [4.78, 5) is 41.3. The van der Waals surface area contributed by atoms with Gasteiger partial charge in [-0.05, 0) is 30.7 Å². The molecule has 0 saturated heterocycles. The number of aliphatic imine (C=N–C) groups is 1. The van der Waals surface area contributed by atoms with Gasteiger partial charge in [0.05, 0.1) is 16.9 Å². The number of carbonyl (C=O) groups is 1. The average molecular weight is 380 g/mol. The molecule has 0 amide bonds. The summed E-state index contributed by atoms with van der Waals surface area (Å²) in [6.45, 7) is 1.72. The largest absolute Gasteiger partial charge is 0.871 e. The molecule has 0 bridgehead atoms. The molecule has 3 aromatic rings. The Labute approximate surface area is 157 Å². The van der Waals surface area contributed by atoms with E-state index < -0.39 is 28.8 Å². The van der Waals surface area contributed by atoms with Gasteiger partial charge in [0.15, 0.2) is 0 Å². The lowest BCUT2D eigenvalue weighted by atomic mass is 10.2. The molecule has 0 atom stereocenters. The van der Waals surface area contributed by atoms with Crippen molar-refractivity contribution in [3.63, 3.8) is 0 Å². The van der Waals surface area contributed by atoms with E-state index in [9.17, 15) is 24.6 Å². The van der Waals surface area contributed by atoms with Crippen LogP contribution < -0.4 is 16.4 Å². The quantitative estimate of drug-likeness (QED) is 0.577. The van der Waals surface area contributed by atoms with Gasteiger partial charge in [-0.1, -0.05) is 30.0 Å². The number of hydrogen-bond acceptors (Lipinski definition) is 6. The summed E-state index contributed by atoms with van der Waals surface area (Å²) in [5.41, 5.74) is -1.46. The first-order chi connectivity index (χ1) is 13.3. The van der Waals surface area contributed by atoms with Gasteiger partial charge in [0, 0.05) is 6.21 Å². The first kappa shape index (κ1) is 18.6. The molecule has 142 valence electrons. The maximum atomic E-state index is 12.2. The molecular formula is C19H14N3O6-. The number of para-hydroxylation sites is 1. The van der Waals surface area contributed by atoms with E-state index in [0.29, 0.717) is 11.3 Å². The van der Waals surface area contributed by atoms with Crippen molar-refractivity contribution in [1.82, 2.24) is 9.55 Å². The maximum absolute atomic E-state index is 12.2. The number of aromatic carboxylic acids is 1. The summed E-state index contributed by atoms with van der Waals surface area (Å²) in [5, 5.41) is 31.4. The monoisotopic (exact) mass is 380 g/mol. The number of nitrogens with one attached hydrogen (secondary N) is 1. The summed E-state index contributed by atoms with van der Waals surface area (Å²) in [5.74, 6) is -2.47. The van der Waals surface area contributed by atoms with Crippen molar-refractivity contribution in [2.45, 2.75) is 6.92 Å². The summed E-state index contributed by atoms with van der Waals surface area (Å²) in [7, 11) is 0. The van der Waals surface area contributed by atoms with Crippen molar-refractivity contribution in [2.24, 2.45) is 4.99 Å². The molecule has 0 aliphatic carbocycles. The van der Waals surface area contributed by atoms with E-state index in [1.54, 1.807) is 31.2 Å². The van der Waals surface area contributed by atoms with Gasteiger partial charge in [-0.2, -0.15) is 0 Å². The van der Waals surface area contributed by atoms with Crippen molar-refractivity contribution in [3.8, 4) is 17.3 Å². The number of carboxylic acid groups (broad SMARTS) is 1. The lowest BCUT2D eigenvalue weighted by Gasteiger charge is -2.12. The predicted molar refractivity (Wildman–Crippen MR) is 99.2 cm³/mol. The molecule has 1 heterocycles. The second-order valence-electron chi connectivity index (χ2n) is 5.86. The third-order valence-electron chi connectivity index (χ3n) is 4.02. The minimum absolute atomic E-state index is 0.158. The van der Waals surface area contributed by atoms with Crippen molar-refractivity contribution >= 4 is 17.9 Å². The van der Waals surface area contributed by atoms with Crippen LogP contribution in [-0.2, 0) is 0 Å². The molecule has 0 aliphatic rings. The molecule has 3 rings (SSSR count). The first-order valence-corrected chi connectivity index (χ1v) is 8.02. The van der Waals surface area contributed by atoms with E-state index in [-0.39, 0.29) is 16.8 Å². The Balaban J connectivity index is 2.16. The molecule has 2 aromatic carbocycles. The van der Waals surface area contributed by atoms with Gasteiger partial charge in [-0.3, -0.25) is 14.8 Å². The summed E-state index contributed by atoms with van der Waals surface area (Å²) >= 11 is 0. The average Bonchev–Trinajstić information content (AvgIpc) is 2.64. The minimum atomic E-state index is -1.25. The standard InChI is InChI=1S/C19H15N3O6/c1-10-4-2-3-5-14(10)22-17(25)12(16(24)21-19(22)28)9-20-13-8-11(18(26)27)6-7-15(13)23/h2-9,23,25H,1H3,(H,26,27)(H,21,24,28)/p-1. The van der Waals surface area contributed by atoms with Gasteiger partial charge in [0.1, 0.15) is 5.56 Å². The summed E-state index contributed by atoms with van der Waals surface area (Å²) in [6.07, 6.45) is 0.907. The highest BCUT2D eigenvalue weighted by atomic mass is 16.4. The molecule has 9 heteroatoms. The topological polar surface area (TPSA) is 148 Å². The zero-order valence-corrected chi connectivity index (χ0v) is 14.5. The lowest BCUT2D eigenvalue weighted by Crippen LogP contribution is -2.31. The molecule has 9 nitrogen and oxygen atoms in total. The Morgan fingerprint density at radius 3 is 2.61 bits per heavy atom. The van der Waals surface area contributed by atoms with Crippen molar-refractivity contribution in [3.05, 3.63) is 80.0 Å². The molecule has 0 spiro atoms. The molecule has 0 aliphatic heterocycles. The fraction of sp³-hybridized carbons (Fsp3) is 0.0526. The lowest BCUT2D eigenvalue weighted by molar-refractivity contribution is -0.267. The third-order valence-corrected chi connectivity index (χ3v) is 4.02. The molecule has 0 radical (unpaired) electrons. The van der Waals surface area contributed by atoms with Gasteiger partial charge in [-0.25, -0.2) is 14.2 Å². The minimum Gasteiger partial charge on any atom is -0.871 e. The molecule has 1 aromatic heterocycles. The number of hydrogen-bond donors (Lipinski definition) is 3. The molecule has 3 N–H and O–H groups in total. The number of aryl methyl sites for hydroxylation is 1. The molecule has 0 unspecified atom stereocenters. The predicted octanol–water partition coefficient (Wildman–Crippen LogP) is 1.06. The number of H-pyrrole nitrogens is 1. The maximum Gasteiger partial charge on any atom is 0.335 e. The van der Waals surface area contributed by atoms with E-state index in [0.717, 1.165) is 29.0 Å². The van der Waals surface area contributed by atoms with Crippen molar-refractivity contribution < 1.29 is 20.1 Å². The van der Waals surface area contributed by atoms with Gasteiger partial charge < -0.3 is 15.3 Å². The highest BCUT2D eigenvalue weighted by molar-refractivity contribution is 5.90. The highest BCUT2D eigenvalue weighted by Crippen LogP contribution is 2.25. The van der Waals surface area contributed by atoms with E-state index in [2.05, 4.69) is 9.98 Å². The van der Waals surface area contributed by atoms with Gasteiger partial charge in [0.25, 0.3) is 5.56 Å². The van der Waals surface area contributed by atoms with E-state index >= 15 is 0 Å². The van der Waals surface area contributed by atoms with Crippen LogP contribution in [0.5, 0.6) is 11.6 Å². The smallest absolute Gasteiger partial charge is 0.335 e. The number of rotatable bonds is 4. The Kier molecular flexibility index (Phi) is 4.82. The Morgan fingerprint density at radius 2 is 1.93 bits per heavy atom. The SMILES string of the molecule is Cc1ccccc1-n1c(O)c(C=Nc2cc(C(=O)O)ccc2[O-])c(=O)[nH]c1=O. The van der Waals surface area contributed by atoms with Crippen LogP contribution in [0.2, 0.25) is 0 Å². The Bertz CT molecular complexity index is 1220. The second-order valence-corrected chi connectivity index (χ2v) is 5.86. The first-order valence-electron chi connectivity index (χ1n) is 8.02. The van der Waals surface area contributed by atoms with Crippen LogP contribution in [0.25, 0.3) is 5.69 Å². The summed E-state index contributed by atoms with van der Waals surface area (Å²) < 4.78 is 0.907. The summed E-state index contributed by atoms with van der Waals surface area (Å²) in [6, 6.07) is 9.93. The fourth-order valence-electron chi connectivity index (χ4n) is 2.58. The molecular weight excluding hydrogens is 366 g/mol. The van der Waals surface area contributed by atoms with Gasteiger partial charge in [-0.15, -0.1) is 0 Å². The number of carboxylic acids is 1.